The summed E-state index contributed by atoms with van der Waals surface area (Å²) in [7, 11) is 0. The van der Waals surface area contributed by atoms with E-state index >= 15 is 0 Å². The summed E-state index contributed by atoms with van der Waals surface area (Å²) >= 11 is 30.5. The van der Waals surface area contributed by atoms with Crippen molar-refractivity contribution >= 4 is 69.5 Å². The molecule has 1 aliphatic carbocycles. The molecule has 14 heavy (non-hydrogen) atoms. The van der Waals surface area contributed by atoms with E-state index in [2.05, 4.69) is 4.37 Å². The Balaban J connectivity index is 2.96. The van der Waals surface area contributed by atoms with Gasteiger partial charge < -0.3 is 0 Å². The van der Waals surface area contributed by atoms with Crippen LogP contribution in [-0.4, -0.2) is 4.37 Å². The van der Waals surface area contributed by atoms with Gasteiger partial charge >= 0.3 is 0 Å². The van der Waals surface area contributed by atoms with E-state index < -0.39 is 0 Å². The van der Waals surface area contributed by atoms with Crippen LogP contribution in [-0.2, 0) is 0 Å². The summed E-state index contributed by atoms with van der Waals surface area (Å²) in [5.74, 6) is 0. The van der Waals surface area contributed by atoms with Crippen LogP contribution < -0.4 is 0 Å². The number of nitrogens with zero attached hydrogens (tertiary/aromatic N) is 1. The van der Waals surface area contributed by atoms with E-state index in [0.29, 0.717) is 25.5 Å². The van der Waals surface area contributed by atoms with Gasteiger partial charge in [-0.05, 0) is 11.5 Å². The number of aromatic nitrogens is 1. The lowest BCUT2D eigenvalue weighted by Gasteiger charge is -2.02. The predicted octanol–water partition coefficient (Wildman–Crippen LogP) is 5.51. The standard InChI is InChI=1S/C7Cl5NS/c8-3-1-2(4(9)5(3)10)7(12)14-13-6(1)11. The van der Waals surface area contributed by atoms with Gasteiger partial charge in [0, 0.05) is 11.1 Å². The Bertz CT molecular complexity index is 438. The van der Waals surface area contributed by atoms with Crippen molar-refractivity contribution in [3.63, 3.8) is 0 Å². The minimum absolute atomic E-state index is 0.257. The second kappa shape index (κ2) is 3.85. The minimum atomic E-state index is 0.257. The lowest BCUT2D eigenvalue weighted by Crippen LogP contribution is -1.80. The molecule has 0 amide bonds. The number of fused-ring (bicyclic) bond motifs is 1. The average molecular weight is 307 g/mol. The minimum Gasteiger partial charge on any atom is -0.179 e. The molecule has 0 saturated carbocycles. The van der Waals surface area contributed by atoms with Gasteiger partial charge in [0.05, 0.1) is 15.1 Å². The van der Waals surface area contributed by atoms with E-state index in [0.717, 1.165) is 11.5 Å². The normalized spacial score (nSPS) is 11.2. The molecule has 0 bridgehead atoms. The van der Waals surface area contributed by atoms with Gasteiger partial charge in [-0.1, -0.05) is 58.0 Å². The molecule has 74 valence electrons. The molecule has 0 spiro atoms. The molecular formula is C7Cl5NS. The second-order valence-electron chi connectivity index (χ2n) is 2.44. The number of rotatable bonds is 0. The van der Waals surface area contributed by atoms with E-state index in [1.54, 1.807) is 0 Å². The quantitative estimate of drug-likeness (QED) is 0.625. The summed E-state index contributed by atoms with van der Waals surface area (Å²) in [6.07, 6.45) is 0. The number of hydrogen-bond acceptors (Lipinski definition) is 2. The van der Waals surface area contributed by atoms with Crippen molar-refractivity contribution < 1.29 is 0 Å². The molecule has 1 heterocycles. The summed E-state index contributed by atoms with van der Waals surface area (Å²) < 4.78 is 4.32. The van der Waals surface area contributed by atoms with Crippen molar-refractivity contribution in [1.29, 1.82) is 0 Å². The summed E-state index contributed by atoms with van der Waals surface area (Å²) in [6.45, 7) is 0. The van der Waals surface area contributed by atoms with Crippen LogP contribution in [0.5, 0.6) is 0 Å². The second-order valence-corrected chi connectivity index (χ2v) is 5.31. The highest BCUT2D eigenvalue weighted by molar-refractivity contribution is 7.11. The highest BCUT2D eigenvalue weighted by Crippen LogP contribution is 2.52. The van der Waals surface area contributed by atoms with Crippen molar-refractivity contribution in [3.05, 3.63) is 24.6 Å². The van der Waals surface area contributed by atoms with Crippen LogP contribution in [0.15, 0.2) is 0 Å². The highest BCUT2D eigenvalue weighted by atomic mass is 35.5. The third kappa shape index (κ3) is 1.49. The fourth-order valence-corrected chi connectivity index (χ4v) is 3.17. The van der Waals surface area contributed by atoms with Crippen molar-refractivity contribution in [2.24, 2.45) is 0 Å². The van der Waals surface area contributed by atoms with Crippen LogP contribution in [0.4, 0.5) is 0 Å². The molecular weight excluding hydrogens is 307 g/mol. The topological polar surface area (TPSA) is 12.9 Å². The van der Waals surface area contributed by atoms with Crippen LogP contribution >= 0.6 is 69.5 Å². The highest BCUT2D eigenvalue weighted by Gasteiger charge is 2.26. The summed E-state index contributed by atoms with van der Waals surface area (Å²) in [4.78, 5) is 0. The third-order valence-corrected chi connectivity index (χ3v) is 4.42. The van der Waals surface area contributed by atoms with Gasteiger partial charge in [-0.25, -0.2) is 0 Å². The first-order valence-electron chi connectivity index (χ1n) is 3.31. The smallest absolute Gasteiger partial charge is 0.151 e. The summed E-state index contributed by atoms with van der Waals surface area (Å²) in [5.41, 5.74) is 1.07. The molecule has 0 aromatic heterocycles. The zero-order valence-corrected chi connectivity index (χ0v) is 10.8. The third-order valence-electron chi connectivity index (χ3n) is 1.68. The number of halogens is 5. The first kappa shape index (κ1) is 11.1. The van der Waals surface area contributed by atoms with Crippen molar-refractivity contribution in [2.75, 3.05) is 0 Å². The molecule has 7 heteroatoms. The molecule has 0 saturated heterocycles. The fourth-order valence-electron chi connectivity index (χ4n) is 1.09. The first-order valence-corrected chi connectivity index (χ1v) is 5.97. The Morgan fingerprint density at radius 2 is 1.36 bits per heavy atom. The largest absolute Gasteiger partial charge is 0.179 e. The lowest BCUT2D eigenvalue weighted by molar-refractivity contribution is 1.53. The maximum Gasteiger partial charge on any atom is 0.151 e. The average Bonchev–Trinajstić information content (AvgIpc) is 2.38. The van der Waals surface area contributed by atoms with Gasteiger partial charge in [0.15, 0.2) is 5.15 Å². The Morgan fingerprint density at radius 1 is 0.786 bits per heavy atom. The van der Waals surface area contributed by atoms with Crippen LogP contribution in [0.3, 0.4) is 0 Å². The van der Waals surface area contributed by atoms with Crippen molar-refractivity contribution in [3.8, 4) is 11.1 Å². The van der Waals surface area contributed by atoms with Gasteiger partial charge in [0.2, 0.25) is 0 Å². The molecule has 0 radical (unpaired) electrons. The molecule has 2 rings (SSSR count). The molecule has 0 aromatic rings. The first-order chi connectivity index (χ1) is 6.54. The van der Waals surface area contributed by atoms with Crippen LogP contribution in [0.2, 0.25) is 24.6 Å². The fraction of sp³-hybridized carbons (Fsp3) is 0. The zero-order valence-electron chi connectivity index (χ0n) is 6.25. The van der Waals surface area contributed by atoms with Gasteiger partial charge in [-0.2, -0.15) is 4.37 Å². The van der Waals surface area contributed by atoms with E-state index in [9.17, 15) is 0 Å². The van der Waals surface area contributed by atoms with E-state index in [1.165, 1.54) is 0 Å². The van der Waals surface area contributed by atoms with E-state index in [1.807, 2.05) is 0 Å². The molecule has 0 fully saturated rings. The lowest BCUT2D eigenvalue weighted by atomic mass is 10.2. The molecule has 1 nitrogen and oxygen atoms in total. The Kier molecular flexibility index (Phi) is 3.04. The van der Waals surface area contributed by atoms with Gasteiger partial charge in [-0.3, -0.25) is 0 Å². The monoisotopic (exact) mass is 305 g/mol. The van der Waals surface area contributed by atoms with Crippen LogP contribution in [0.1, 0.15) is 0 Å². The maximum absolute atomic E-state index is 5.94. The molecule has 0 atom stereocenters. The predicted molar refractivity (Wildman–Crippen MR) is 63.8 cm³/mol. The maximum atomic E-state index is 5.94. The Labute approximate surface area is 109 Å². The summed E-state index contributed by atoms with van der Waals surface area (Å²) in [5, 5.41) is 1.12. The molecule has 2 aliphatic rings. The molecule has 0 unspecified atom stereocenters. The molecule has 0 aromatic carbocycles. The van der Waals surface area contributed by atoms with Crippen LogP contribution in [0, 0.1) is 0 Å². The molecule has 0 N–H and O–H groups in total. The summed E-state index contributed by atoms with van der Waals surface area (Å²) in [6, 6.07) is 0. The molecule has 1 aliphatic heterocycles. The van der Waals surface area contributed by atoms with Crippen molar-refractivity contribution in [2.45, 2.75) is 0 Å². The Morgan fingerprint density at radius 3 is 1.93 bits per heavy atom. The Hall–Kier alpha value is 0.560. The van der Waals surface area contributed by atoms with Crippen molar-refractivity contribution in [1.82, 2.24) is 4.37 Å². The SMILES string of the molecule is Clc1nsc(Cl)c2c(Cl)c(Cl)c(Cl)c1-2. The van der Waals surface area contributed by atoms with E-state index in [4.69, 9.17) is 58.0 Å². The van der Waals surface area contributed by atoms with Gasteiger partial charge in [-0.15, -0.1) is 0 Å². The van der Waals surface area contributed by atoms with Crippen LogP contribution in [0.25, 0.3) is 11.1 Å². The number of hydrogen-bond donors (Lipinski definition) is 0. The van der Waals surface area contributed by atoms with Gasteiger partial charge in [0.25, 0.3) is 0 Å². The van der Waals surface area contributed by atoms with Gasteiger partial charge in [0.1, 0.15) is 4.34 Å². The zero-order chi connectivity index (χ0) is 10.5. The van der Waals surface area contributed by atoms with E-state index in [-0.39, 0.29) is 10.2 Å².